The van der Waals surface area contributed by atoms with Gasteiger partial charge in [-0.3, -0.25) is 4.98 Å². The van der Waals surface area contributed by atoms with Crippen LogP contribution in [0.15, 0.2) is 48.0 Å². The molecular formula is C14H15N. The second-order valence-electron chi connectivity index (χ2n) is 3.98. The van der Waals surface area contributed by atoms with Gasteiger partial charge in [-0.05, 0) is 26.0 Å². The van der Waals surface area contributed by atoms with Gasteiger partial charge in [-0.15, -0.1) is 0 Å². The Morgan fingerprint density at radius 1 is 1.13 bits per heavy atom. The third-order valence-corrected chi connectivity index (χ3v) is 2.38. The van der Waals surface area contributed by atoms with Crippen molar-refractivity contribution in [3.8, 4) is 0 Å². The van der Waals surface area contributed by atoms with Crippen LogP contribution in [0.1, 0.15) is 19.5 Å². The van der Waals surface area contributed by atoms with E-state index >= 15 is 0 Å². The highest BCUT2D eigenvalue weighted by molar-refractivity contribution is 5.78. The van der Waals surface area contributed by atoms with Gasteiger partial charge in [-0.1, -0.05) is 35.9 Å². The average molecular weight is 197 g/mol. The first-order chi connectivity index (χ1) is 7.25. The molecule has 0 amide bonds. The third-order valence-electron chi connectivity index (χ3n) is 2.38. The first kappa shape index (κ1) is 9.91. The van der Waals surface area contributed by atoms with E-state index in [4.69, 9.17) is 0 Å². The lowest BCUT2D eigenvalue weighted by Gasteiger charge is -2.00. The Bertz CT molecular complexity index is 493. The predicted octanol–water partition coefficient (Wildman–Crippen LogP) is 3.74. The summed E-state index contributed by atoms with van der Waals surface area (Å²) in [5.74, 6) is 0. The van der Waals surface area contributed by atoms with Crippen LogP contribution in [-0.4, -0.2) is 4.98 Å². The molecule has 0 atom stereocenters. The topological polar surface area (TPSA) is 12.9 Å². The summed E-state index contributed by atoms with van der Waals surface area (Å²) in [6.45, 7) is 4.22. The van der Waals surface area contributed by atoms with E-state index in [0.29, 0.717) is 0 Å². The largest absolute Gasteiger partial charge is 0.253 e. The fourth-order valence-corrected chi connectivity index (χ4v) is 1.53. The molecule has 0 saturated heterocycles. The molecule has 0 radical (unpaired) electrons. The first-order valence-corrected chi connectivity index (χ1v) is 5.24. The van der Waals surface area contributed by atoms with Gasteiger partial charge in [0, 0.05) is 17.5 Å². The molecule has 15 heavy (non-hydrogen) atoms. The van der Waals surface area contributed by atoms with Gasteiger partial charge >= 0.3 is 0 Å². The zero-order valence-corrected chi connectivity index (χ0v) is 9.20. The van der Waals surface area contributed by atoms with Crippen molar-refractivity contribution in [2.24, 2.45) is 0 Å². The third kappa shape index (κ3) is 2.44. The normalized spacial score (nSPS) is 10.3. The van der Waals surface area contributed by atoms with E-state index in [1.807, 2.05) is 12.1 Å². The van der Waals surface area contributed by atoms with Gasteiger partial charge < -0.3 is 0 Å². The molecule has 2 aromatic rings. The molecule has 0 unspecified atom stereocenters. The standard InChI is InChI=1S/C14H15N/c1-11(2)7-9-13-10-8-12-5-3-4-6-14(12)15-13/h3-8,10H,9H2,1-2H3. The minimum atomic E-state index is 0.924. The Hall–Kier alpha value is -1.63. The molecule has 2 rings (SSSR count). The molecule has 1 aromatic heterocycles. The molecule has 1 heterocycles. The number of hydrogen-bond donors (Lipinski definition) is 0. The SMILES string of the molecule is CC(C)=CCc1ccc2ccccc2n1. The van der Waals surface area contributed by atoms with Crippen LogP contribution in [0.3, 0.4) is 0 Å². The van der Waals surface area contributed by atoms with Gasteiger partial charge in [0.05, 0.1) is 5.52 Å². The smallest absolute Gasteiger partial charge is 0.0705 e. The van der Waals surface area contributed by atoms with Crippen LogP contribution in [0.4, 0.5) is 0 Å². The van der Waals surface area contributed by atoms with Gasteiger partial charge in [0.1, 0.15) is 0 Å². The van der Waals surface area contributed by atoms with Crippen molar-refractivity contribution in [3.63, 3.8) is 0 Å². The summed E-state index contributed by atoms with van der Waals surface area (Å²) < 4.78 is 0. The summed E-state index contributed by atoms with van der Waals surface area (Å²) in [6.07, 6.45) is 3.13. The minimum Gasteiger partial charge on any atom is -0.253 e. The average Bonchev–Trinajstić information content (AvgIpc) is 2.26. The van der Waals surface area contributed by atoms with Gasteiger partial charge in [0.15, 0.2) is 0 Å². The van der Waals surface area contributed by atoms with Gasteiger partial charge in [0.25, 0.3) is 0 Å². The number of pyridine rings is 1. The Morgan fingerprint density at radius 2 is 1.93 bits per heavy atom. The van der Waals surface area contributed by atoms with Gasteiger partial charge in [-0.25, -0.2) is 0 Å². The second kappa shape index (κ2) is 4.26. The summed E-state index contributed by atoms with van der Waals surface area (Å²) in [7, 11) is 0. The number of allylic oxidation sites excluding steroid dienone is 2. The highest BCUT2D eigenvalue weighted by atomic mass is 14.7. The zero-order valence-electron chi connectivity index (χ0n) is 9.20. The molecule has 1 nitrogen and oxygen atoms in total. The Morgan fingerprint density at radius 3 is 2.73 bits per heavy atom. The molecule has 76 valence electrons. The molecule has 0 N–H and O–H groups in total. The van der Waals surface area contributed by atoms with Crippen molar-refractivity contribution in [3.05, 3.63) is 53.7 Å². The maximum absolute atomic E-state index is 4.60. The van der Waals surface area contributed by atoms with Crippen molar-refractivity contribution >= 4 is 10.9 Å². The summed E-state index contributed by atoms with van der Waals surface area (Å²) in [4.78, 5) is 4.60. The maximum atomic E-state index is 4.60. The highest BCUT2D eigenvalue weighted by Gasteiger charge is 1.95. The lowest BCUT2D eigenvalue weighted by atomic mass is 10.1. The van der Waals surface area contributed by atoms with E-state index in [2.05, 4.69) is 49.2 Å². The lowest BCUT2D eigenvalue weighted by Crippen LogP contribution is -1.88. The number of hydrogen-bond acceptors (Lipinski definition) is 1. The Labute approximate surface area is 90.5 Å². The number of rotatable bonds is 2. The summed E-state index contributed by atoms with van der Waals surface area (Å²) in [5, 5.41) is 1.21. The van der Waals surface area contributed by atoms with Crippen molar-refractivity contribution in [2.75, 3.05) is 0 Å². The molecular weight excluding hydrogens is 182 g/mol. The number of aromatic nitrogens is 1. The van der Waals surface area contributed by atoms with Crippen LogP contribution in [0, 0.1) is 0 Å². The summed E-state index contributed by atoms with van der Waals surface area (Å²) in [5.41, 5.74) is 3.55. The monoisotopic (exact) mass is 197 g/mol. The molecule has 0 aliphatic carbocycles. The van der Waals surface area contributed by atoms with Crippen molar-refractivity contribution in [1.82, 2.24) is 4.98 Å². The van der Waals surface area contributed by atoms with Gasteiger partial charge in [-0.2, -0.15) is 0 Å². The van der Waals surface area contributed by atoms with Crippen molar-refractivity contribution in [1.29, 1.82) is 0 Å². The van der Waals surface area contributed by atoms with E-state index in [0.717, 1.165) is 17.6 Å². The predicted molar refractivity (Wildman–Crippen MR) is 64.9 cm³/mol. The van der Waals surface area contributed by atoms with Crippen LogP contribution >= 0.6 is 0 Å². The summed E-state index contributed by atoms with van der Waals surface area (Å²) in [6, 6.07) is 12.5. The van der Waals surface area contributed by atoms with Crippen molar-refractivity contribution < 1.29 is 0 Å². The fraction of sp³-hybridized carbons (Fsp3) is 0.214. The molecule has 0 fully saturated rings. The maximum Gasteiger partial charge on any atom is 0.0705 e. The number of benzene rings is 1. The second-order valence-corrected chi connectivity index (χ2v) is 3.98. The van der Waals surface area contributed by atoms with Crippen LogP contribution in [0.25, 0.3) is 10.9 Å². The van der Waals surface area contributed by atoms with Crippen LogP contribution in [0.2, 0.25) is 0 Å². The molecule has 0 spiro atoms. The lowest BCUT2D eigenvalue weighted by molar-refractivity contribution is 1.12. The Balaban J connectivity index is 2.34. The number of nitrogens with zero attached hydrogens (tertiary/aromatic N) is 1. The van der Waals surface area contributed by atoms with E-state index in [9.17, 15) is 0 Å². The molecule has 0 bridgehead atoms. The minimum absolute atomic E-state index is 0.924. The zero-order chi connectivity index (χ0) is 10.7. The highest BCUT2D eigenvalue weighted by Crippen LogP contribution is 2.12. The van der Waals surface area contributed by atoms with Crippen LogP contribution in [0.5, 0.6) is 0 Å². The van der Waals surface area contributed by atoms with Gasteiger partial charge in [0.2, 0.25) is 0 Å². The first-order valence-electron chi connectivity index (χ1n) is 5.24. The fourth-order valence-electron chi connectivity index (χ4n) is 1.53. The molecule has 0 aliphatic rings. The summed E-state index contributed by atoms with van der Waals surface area (Å²) >= 11 is 0. The van der Waals surface area contributed by atoms with Crippen LogP contribution < -0.4 is 0 Å². The molecule has 1 heteroatoms. The quantitative estimate of drug-likeness (QED) is 0.668. The number of para-hydroxylation sites is 1. The van der Waals surface area contributed by atoms with E-state index in [1.54, 1.807) is 0 Å². The van der Waals surface area contributed by atoms with Crippen LogP contribution in [-0.2, 0) is 6.42 Å². The van der Waals surface area contributed by atoms with E-state index in [-0.39, 0.29) is 0 Å². The van der Waals surface area contributed by atoms with Crippen molar-refractivity contribution in [2.45, 2.75) is 20.3 Å². The molecule has 0 saturated carbocycles. The molecule has 1 aromatic carbocycles. The molecule has 0 aliphatic heterocycles. The number of fused-ring (bicyclic) bond motifs is 1. The Kier molecular flexibility index (Phi) is 2.82. The van der Waals surface area contributed by atoms with E-state index in [1.165, 1.54) is 11.0 Å². The van der Waals surface area contributed by atoms with E-state index < -0.39 is 0 Å².